The molecule has 1 aromatic rings. The zero-order chi connectivity index (χ0) is 10.9. The fourth-order valence-corrected chi connectivity index (χ4v) is 2.51. The monoisotopic (exact) mass is 227 g/mol. The Morgan fingerprint density at radius 2 is 2.20 bits per heavy atom. The van der Waals surface area contributed by atoms with Crippen LogP contribution in [-0.2, 0) is 5.54 Å². The van der Waals surface area contributed by atoms with E-state index in [9.17, 15) is 4.39 Å². The highest BCUT2D eigenvalue weighted by Gasteiger charge is 2.39. The van der Waals surface area contributed by atoms with Gasteiger partial charge in [-0.05, 0) is 37.9 Å². The SMILES string of the molecule is CC1(c2ccccc2Cl)NCCCC1F. The predicted octanol–water partition coefficient (Wildman–Crippen LogP) is 3.28. The summed E-state index contributed by atoms with van der Waals surface area (Å²) in [5.74, 6) is 0. The lowest BCUT2D eigenvalue weighted by molar-refractivity contribution is 0.121. The van der Waals surface area contributed by atoms with Crippen LogP contribution in [0, 0.1) is 0 Å². The average Bonchev–Trinajstić information content (AvgIpc) is 2.23. The van der Waals surface area contributed by atoms with E-state index in [1.807, 2.05) is 31.2 Å². The van der Waals surface area contributed by atoms with Gasteiger partial charge in [0.1, 0.15) is 6.17 Å². The Bertz CT molecular complexity index is 355. The van der Waals surface area contributed by atoms with Crippen LogP contribution in [0.15, 0.2) is 24.3 Å². The lowest BCUT2D eigenvalue weighted by Gasteiger charge is -2.39. The quantitative estimate of drug-likeness (QED) is 0.777. The molecule has 0 amide bonds. The normalized spacial score (nSPS) is 31.5. The molecule has 15 heavy (non-hydrogen) atoms. The molecular weight excluding hydrogens is 213 g/mol. The first-order valence-corrected chi connectivity index (χ1v) is 5.66. The molecule has 82 valence electrons. The van der Waals surface area contributed by atoms with E-state index in [2.05, 4.69) is 5.32 Å². The Kier molecular flexibility index (Phi) is 2.98. The van der Waals surface area contributed by atoms with Crippen molar-refractivity contribution in [3.8, 4) is 0 Å². The molecule has 0 aliphatic carbocycles. The molecule has 1 heterocycles. The molecule has 2 atom stereocenters. The summed E-state index contributed by atoms with van der Waals surface area (Å²) in [6.07, 6.45) is 0.627. The standard InChI is InChI=1S/C12H15ClFN/c1-12(11(14)7-4-8-15-12)9-5-2-3-6-10(9)13/h2-3,5-6,11,15H,4,7-8H2,1H3. The van der Waals surface area contributed by atoms with Crippen molar-refractivity contribution in [1.82, 2.24) is 5.32 Å². The maximum Gasteiger partial charge on any atom is 0.122 e. The lowest BCUT2D eigenvalue weighted by atomic mass is 9.82. The highest BCUT2D eigenvalue weighted by molar-refractivity contribution is 6.31. The maximum absolute atomic E-state index is 14.0. The Hall–Kier alpha value is -0.600. The van der Waals surface area contributed by atoms with Crippen LogP contribution in [0.5, 0.6) is 0 Å². The summed E-state index contributed by atoms with van der Waals surface area (Å²) in [6.45, 7) is 2.74. The number of halogens is 2. The van der Waals surface area contributed by atoms with Gasteiger partial charge in [-0.2, -0.15) is 0 Å². The minimum atomic E-state index is -0.869. The number of alkyl halides is 1. The zero-order valence-electron chi connectivity index (χ0n) is 8.76. The van der Waals surface area contributed by atoms with Gasteiger partial charge in [0.2, 0.25) is 0 Å². The van der Waals surface area contributed by atoms with Crippen molar-refractivity contribution < 1.29 is 4.39 Å². The zero-order valence-corrected chi connectivity index (χ0v) is 9.52. The van der Waals surface area contributed by atoms with E-state index >= 15 is 0 Å². The van der Waals surface area contributed by atoms with Crippen molar-refractivity contribution in [1.29, 1.82) is 0 Å². The molecule has 0 saturated carbocycles. The van der Waals surface area contributed by atoms with E-state index < -0.39 is 11.7 Å². The Balaban J connectivity index is 2.39. The molecule has 3 heteroatoms. The van der Waals surface area contributed by atoms with Crippen molar-refractivity contribution in [2.24, 2.45) is 0 Å². The van der Waals surface area contributed by atoms with Crippen molar-refractivity contribution >= 4 is 11.6 Å². The van der Waals surface area contributed by atoms with Gasteiger partial charge in [0.25, 0.3) is 0 Å². The Labute approximate surface area is 94.6 Å². The molecular formula is C12H15ClFN. The first-order chi connectivity index (χ1) is 7.14. The third-order valence-electron chi connectivity index (χ3n) is 3.19. The average molecular weight is 228 g/mol. The van der Waals surface area contributed by atoms with Crippen LogP contribution < -0.4 is 5.32 Å². The first-order valence-electron chi connectivity index (χ1n) is 5.29. The molecule has 1 fully saturated rings. The molecule has 1 aliphatic rings. The van der Waals surface area contributed by atoms with Gasteiger partial charge in [0, 0.05) is 5.02 Å². The highest BCUT2D eigenvalue weighted by atomic mass is 35.5. The Morgan fingerprint density at radius 1 is 1.47 bits per heavy atom. The number of piperidine rings is 1. The summed E-state index contributed by atoms with van der Waals surface area (Å²) < 4.78 is 14.0. The molecule has 1 saturated heterocycles. The van der Waals surface area contributed by atoms with E-state index in [1.54, 1.807) is 0 Å². The summed E-state index contributed by atoms with van der Waals surface area (Å²) in [5.41, 5.74) is 0.232. The second-order valence-electron chi connectivity index (χ2n) is 4.22. The smallest absolute Gasteiger partial charge is 0.122 e. The van der Waals surface area contributed by atoms with Crippen molar-refractivity contribution in [2.75, 3.05) is 6.54 Å². The van der Waals surface area contributed by atoms with Gasteiger partial charge in [-0.3, -0.25) is 0 Å². The van der Waals surface area contributed by atoms with Gasteiger partial charge in [-0.15, -0.1) is 0 Å². The minimum absolute atomic E-state index is 0.606. The summed E-state index contributed by atoms with van der Waals surface area (Å²) in [4.78, 5) is 0. The van der Waals surface area contributed by atoms with Crippen LogP contribution in [0.2, 0.25) is 5.02 Å². The van der Waals surface area contributed by atoms with E-state index in [0.29, 0.717) is 11.4 Å². The highest BCUT2D eigenvalue weighted by Crippen LogP contribution is 2.36. The topological polar surface area (TPSA) is 12.0 Å². The third-order valence-corrected chi connectivity index (χ3v) is 3.52. The van der Waals surface area contributed by atoms with Gasteiger partial charge in [-0.1, -0.05) is 29.8 Å². The minimum Gasteiger partial charge on any atom is -0.305 e. The number of rotatable bonds is 1. The molecule has 2 rings (SSSR count). The number of hydrogen-bond donors (Lipinski definition) is 1. The van der Waals surface area contributed by atoms with E-state index in [4.69, 9.17) is 11.6 Å². The molecule has 1 N–H and O–H groups in total. The summed E-state index contributed by atoms with van der Waals surface area (Å²) in [7, 11) is 0. The van der Waals surface area contributed by atoms with Crippen LogP contribution in [0.1, 0.15) is 25.3 Å². The van der Waals surface area contributed by atoms with Gasteiger partial charge < -0.3 is 5.32 Å². The van der Waals surface area contributed by atoms with Crippen LogP contribution in [0.4, 0.5) is 4.39 Å². The van der Waals surface area contributed by atoms with Crippen molar-refractivity contribution in [3.63, 3.8) is 0 Å². The number of nitrogens with one attached hydrogen (secondary N) is 1. The summed E-state index contributed by atoms with van der Waals surface area (Å²) in [6, 6.07) is 7.47. The van der Waals surface area contributed by atoms with E-state index in [0.717, 1.165) is 18.5 Å². The maximum atomic E-state index is 14.0. The summed E-state index contributed by atoms with van der Waals surface area (Å²) >= 11 is 6.11. The van der Waals surface area contributed by atoms with Crippen LogP contribution in [0.3, 0.4) is 0 Å². The van der Waals surface area contributed by atoms with Crippen LogP contribution in [-0.4, -0.2) is 12.7 Å². The second kappa shape index (κ2) is 4.11. The second-order valence-corrected chi connectivity index (χ2v) is 4.63. The van der Waals surface area contributed by atoms with Gasteiger partial charge in [0.15, 0.2) is 0 Å². The van der Waals surface area contributed by atoms with Crippen LogP contribution in [0.25, 0.3) is 0 Å². The van der Waals surface area contributed by atoms with Gasteiger partial charge in [-0.25, -0.2) is 4.39 Å². The summed E-state index contributed by atoms with van der Waals surface area (Å²) in [5, 5.41) is 3.88. The molecule has 0 spiro atoms. The number of benzene rings is 1. The largest absolute Gasteiger partial charge is 0.305 e. The fraction of sp³-hybridized carbons (Fsp3) is 0.500. The molecule has 0 aromatic heterocycles. The fourth-order valence-electron chi connectivity index (χ4n) is 2.18. The molecule has 1 aromatic carbocycles. The Morgan fingerprint density at radius 3 is 2.87 bits per heavy atom. The third kappa shape index (κ3) is 1.88. The predicted molar refractivity (Wildman–Crippen MR) is 60.9 cm³/mol. The van der Waals surface area contributed by atoms with Crippen molar-refractivity contribution in [2.45, 2.75) is 31.5 Å². The first kappa shape index (κ1) is 10.9. The molecule has 2 unspecified atom stereocenters. The van der Waals surface area contributed by atoms with Crippen molar-refractivity contribution in [3.05, 3.63) is 34.9 Å². The van der Waals surface area contributed by atoms with Gasteiger partial charge in [0.05, 0.1) is 5.54 Å². The van der Waals surface area contributed by atoms with Gasteiger partial charge >= 0.3 is 0 Å². The van der Waals surface area contributed by atoms with E-state index in [1.165, 1.54) is 0 Å². The number of hydrogen-bond acceptors (Lipinski definition) is 1. The lowest BCUT2D eigenvalue weighted by Crippen LogP contribution is -2.51. The molecule has 1 nitrogen and oxygen atoms in total. The molecule has 1 aliphatic heterocycles. The molecule has 0 radical (unpaired) electrons. The van der Waals surface area contributed by atoms with Crippen LogP contribution >= 0.6 is 11.6 Å². The van der Waals surface area contributed by atoms with E-state index in [-0.39, 0.29) is 0 Å². The molecule has 0 bridgehead atoms.